The number of nitrogens with one attached hydrogen (secondary N) is 1. The summed E-state index contributed by atoms with van der Waals surface area (Å²) in [5, 5.41) is 0. The highest BCUT2D eigenvalue weighted by atomic mass is 32.2. The van der Waals surface area contributed by atoms with Crippen LogP contribution >= 0.6 is 0 Å². The Morgan fingerprint density at radius 2 is 1.90 bits per heavy atom. The summed E-state index contributed by atoms with van der Waals surface area (Å²) in [6.07, 6.45) is 0.639. The maximum atomic E-state index is 12.3. The van der Waals surface area contributed by atoms with Gasteiger partial charge in [0.25, 0.3) is 0 Å². The van der Waals surface area contributed by atoms with Crippen LogP contribution in [0, 0.1) is 5.41 Å². The third-order valence-electron chi connectivity index (χ3n) is 3.40. The van der Waals surface area contributed by atoms with E-state index in [-0.39, 0.29) is 17.7 Å². The van der Waals surface area contributed by atoms with Crippen LogP contribution in [-0.2, 0) is 16.6 Å². The van der Waals surface area contributed by atoms with Gasteiger partial charge < -0.3 is 4.98 Å². The number of hydrogen-bond donors (Lipinski definition) is 1. The Balaban J connectivity index is 2.07. The first kappa shape index (κ1) is 16.0. The molecule has 0 fully saturated rings. The van der Waals surface area contributed by atoms with Gasteiger partial charge in [0.15, 0.2) is 0 Å². The number of rotatable bonds is 5. The second kappa shape index (κ2) is 5.77. The topological polar surface area (TPSA) is 66.1 Å². The summed E-state index contributed by atoms with van der Waals surface area (Å²) in [6.45, 7) is 6.40. The van der Waals surface area contributed by atoms with Crippen molar-refractivity contribution in [3.05, 3.63) is 30.1 Å². The van der Waals surface area contributed by atoms with Crippen molar-refractivity contribution in [2.45, 2.75) is 33.7 Å². The fourth-order valence-corrected chi connectivity index (χ4v) is 3.48. The van der Waals surface area contributed by atoms with Crippen molar-refractivity contribution < 1.29 is 8.42 Å². The zero-order valence-corrected chi connectivity index (χ0v) is 13.9. The molecule has 0 unspecified atom stereocenters. The van der Waals surface area contributed by atoms with Crippen LogP contribution < -0.4 is 0 Å². The summed E-state index contributed by atoms with van der Waals surface area (Å²) in [7, 11) is -1.65. The molecule has 1 N–H and O–H groups in total. The molecule has 0 amide bonds. The minimum Gasteiger partial charge on any atom is -0.341 e. The fraction of sp³-hybridized carbons (Fsp3) is 0.533. The lowest BCUT2D eigenvalue weighted by Gasteiger charge is -2.21. The van der Waals surface area contributed by atoms with E-state index in [0.717, 1.165) is 11.0 Å². The van der Waals surface area contributed by atoms with Gasteiger partial charge in [-0.15, -0.1) is 0 Å². The summed E-state index contributed by atoms with van der Waals surface area (Å²) in [4.78, 5) is 7.57. The summed E-state index contributed by atoms with van der Waals surface area (Å²) in [5.74, 6) is 0.825. The predicted octanol–water partition coefficient (Wildman–Crippen LogP) is 2.76. The average molecular weight is 309 g/mol. The molecule has 1 heterocycles. The van der Waals surface area contributed by atoms with Crippen molar-refractivity contribution in [1.29, 1.82) is 0 Å². The second-order valence-corrected chi connectivity index (χ2v) is 8.78. The first-order chi connectivity index (χ1) is 9.67. The van der Waals surface area contributed by atoms with Gasteiger partial charge in [-0.05, 0) is 24.0 Å². The number of sulfonamides is 1. The minimum atomic E-state index is -3.26. The standard InChI is InChI=1S/C15H23N3O2S/c1-15(2,3)9-10-21(19,20)18(4)11-14-16-12-7-5-6-8-13(12)17-14/h5-8H,9-11H2,1-4H3,(H,16,17). The first-order valence-corrected chi connectivity index (χ1v) is 8.66. The minimum absolute atomic E-state index is 0.00721. The normalized spacial score (nSPS) is 13.2. The third kappa shape index (κ3) is 4.28. The summed E-state index contributed by atoms with van der Waals surface area (Å²) < 4.78 is 25.9. The van der Waals surface area contributed by atoms with Gasteiger partial charge in [0.05, 0.1) is 23.3 Å². The van der Waals surface area contributed by atoms with Gasteiger partial charge >= 0.3 is 0 Å². The van der Waals surface area contributed by atoms with Gasteiger partial charge in [0.1, 0.15) is 5.82 Å². The highest BCUT2D eigenvalue weighted by Gasteiger charge is 2.22. The molecule has 0 aliphatic carbocycles. The molecule has 1 aromatic heterocycles. The Kier molecular flexibility index (Phi) is 4.39. The zero-order chi connectivity index (χ0) is 15.7. The van der Waals surface area contributed by atoms with E-state index < -0.39 is 10.0 Å². The Labute approximate surface area is 126 Å². The van der Waals surface area contributed by atoms with Crippen molar-refractivity contribution in [3.63, 3.8) is 0 Å². The lowest BCUT2D eigenvalue weighted by Crippen LogP contribution is -2.30. The maximum Gasteiger partial charge on any atom is 0.214 e. The van der Waals surface area contributed by atoms with E-state index in [2.05, 4.69) is 9.97 Å². The van der Waals surface area contributed by atoms with E-state index in [9.17, 15) is 8.42 Å². The number of H-pyrrole nitrogens is 1. The number of aromatic nitrogens is 2. The average Bonchev–Trinajstić information content (AvgIpc) is 2.77. The van der Waals surface area contributed by atoms with Gasteiger partial charge in [-0.1, -0.05) is 32.9 Å². The molecule has 21 heavy (non-hydrogen) atoms. The molecule has 0 saturated heterocycles. The number of aromatic amines is 1. The van der Waals surface area contributed by atoms with Crippen LogP contribution in [0.2, 0.25) is 0 Å². The number of para-hydroxylation sites is 2. The van der Waals surface area contributed by atoms with Crippen molar-refractivity contribution in [3.8, 4) is 0 Å². The van der Waals surface area contributed by atoms with Crippen molar-refractivity contribution >= 4 is 21.1 Å². The van der Waals surface area contributed by atoms with Gasteiger partial charge in [0, 0.05) is 7.05 Å². The lowest BCUT2D eigenvalue weighted by atomic mass is 9.94. The summed E-state index contributed by atoms with van der Waals surface area (Å²) >= 11 is 0. The van der Waals surface area contributed by atoms with Crippen LogP contribution in [0.1, 0.15) is 33.0 Å². The number of benzene rings is 1. The van der Waals surface area contributed by atoms with E-state index in [4.69, 9.17) is 0 Å². The second-order valence-electron chi connectivity index (χ2n) is 6.58. The van der Waals surface area contributed by atoms with E-state index >= 15 is 0 Å². The Hall–Kier alpha value is -1.40. The number of nitrogens with zero attached hydrogens (tertiary/aromatic N) is 2. The number of imidazole rings is 1. The molecule has 6 heteroatoms. The highest BCUT2D eigenvalue weighted by molar-refractivity contribution is 7.89. The van der Waals surface area contributed by atoms with Crippen LogP contribution in [-0.4, -0.2) is 35.5 Å². The van der Waals surface area contributed by atoms with Crippen LogP contribution in [0.3, 0.4) is 0 Å². The van der Waals surface area contributed by atoms with Gasteiger partial charge in [-0.25, -0.2) is 13.4 Å². The molecule has 2 rings (SSSR count). The lowest BCUT2D eigenvalue weighted by molar-refractivity contribution is 0.387. The molecular weight excluding hydrogens is 286 g/mol. The van der Waals surface area contributed by atoms with Crippen molar-refractivity contribution in [1.82, 2.24) is 14.3 Å². The first-order valence-electron chi connectivity index (χ1n) is 7.05. The van der Waals surface area contributed by atoms with Crippen LogP contribution in [0.4, 0.5) is 0 Å². The number of hydrogen-bond acceptors (Lipinski definition) is 3. The van der Waals surface area contributed by atoms with Crippen LogP contribution in [0.5, 0.6) is 0 Å². The van der Waals surface area contributed by atoms with Gasteiger partial charge in [-0.2, -0.15) is 4.31 Å². The molecule has 2 aromatic rings. The molecule has 1 aromatic carbocycles. The Morgan fingerprint density at radius 3 is 2.52 bits per heavy atom. The molecule has 0 saturated carbocycles. The predicted molar refractivity (Wildman–Crippen MR) is 85.4 cm³/mol. The van der Waals surface area contributed by atoms with E-state index in [1.807, 2.05) is 45.0 Å². The molecule has 0 bridgehead atoms. The van der Waals surface area contributed by atoms with Gasteiger partial charge in [0.2, 0.25) is 10.0 Å². The van der Waals surface area contributed by atoms with E-state index in [1.165, 1.54) is 4.31 Å². The largest absolute Gasteiger partial charge is 0.341 e. The Bertz CT molecular complexity index is 681. The molecule has 0 spiro atoms. The number of fused-ring (bicyclic) bond motifs is 1. The molecule has 0 radical (unpaired) electrons. The smallest absolute Gasteiger partial charge is 0.214 e. The molecule has 116 valence electrons. The molecule has 0 aliphatic rings. The van der Waals surface area contributed by atoms with Crippen LogP contribution in [0.15, 0.2) is 24.3 Å². The zero-order valence-electron chi connectivity index (χ0n) is 13.0. The molecule has 0 atom stereocenters. The highest BCUT2D eigenvalue weighted by Crippen LogP contribution is 2.20. The molecule has 0 aliphatic heterocycles. The monoisotopic (exact) mass is 309 g/mol. The van der Waals surface area contributed by atoms with Crippen molar-refractivity contribution in [2.75, 3.05) is 12.8 Å². The molecular formula is C15H23N3O2S. The molecule has 5 nitrogen and oxygen atoms in total. The summed E-state index contributed by atoms with van der Waals surface area (Å²) in [6, 6.07) is 7.67. The van der Waals surface area contributed by atoms with Crippen LogP contribution in [0.25, 0.3) is 11.0 Å². The SMILES string of the molecule is CN(Cc1nc2ccccc2[nH]1)S(=O)(=O)CCC(C)(C)C. The third-order valence-corrected chi connectivity index (χ3v) is 5.19. The quantitative estimate of drug-likeness (QED) is 0.923. The van der Waals surface area contributed by atoms with Crippen molar-refractivity contribution in [2.24, 2.45) is 5.41 Å². The van der Waals surface area contributed by atoms with E-state index in [0.29, 0.717) is 12.2 Å². The van der Waals surface area contributed by atoms with Gasteiger partial charge in [-0.3, -0.25) is 0 Å². The maximum absolute atomic E-state index is 12.3. The van der Waals surface area contributed by atoms with E-state index in [1.54, 1.807) is 7.05 Å². The summed E-state index contributed by atoms with van der Waals surface area (Å²) in [5.41, 5.74) is 1.79. The fourth-order valence-electron chi connectivity index (χ4n) is 1.98. The Morgan fingerprint density at radius 1 is 1.24 bits per heavy atom.